The molecule has 0 spiro atoms. The molecule has 4 heteroatoms. The molecule has 0 radical (unpaired) electrons. The maximum atomic E-state index is 12.4. The van der Waals surface area contributed by atoms with Gasteiger partial charge in [-0.05, 0) is 12.8 Å². The first-order valence-electron chi connectivity index (χ1n) is 26.2. The van der Waals surface area contributed by atoms with Gasteiger partial charge in [0, 0.05) is 6.42 Å². The highest BCUT2D eigenvalue weighted by Crippen LogP contribution is 2.18. The first-order valence-corrected chi connectivity index (χ1v) is 26.2. The second-order valence-corrected chi connectivity index (χ2v) is 18.3. The summed E-state index contributed by atoms with van der Waals surface area (Å²) in [6.45, 7) is 4.38. The maximum Gasteiger partial charge on any atom is 0.220 e. The largest absolute Gasteiger partial charge is 0.394 e. The molecule has 0 aliphatic rings. The van der Waals surface area contributed by atoms with Gasteiger partial charge in [-0.25, -0.2) is 0 Å². The topological polar surface area (TPSA) is 69.6 Å². The van der Waals surface area contributed by atoms with Crippen LogP contribution in [-0.4, -0.2) is 34.9 Å². The maximum absolute atomic E-state index is 12.4. The van der Waals surface area contributed by atoms with Crippen LogP contribution in [0.1, 0.15) is 309 Å². The van der Waals surface area contributed by atoms with Gasteiger partial charge in [-0.15, -0.1) is 0 Å². The van der Waals surface area contributed by atoms with E-state index < -0.39 is 12.1 Å². The molecule has 2 atom stereocenters. The summed E-state index contributed by atoms with van der Waals surface area (Å²) in [7, 11) is 0. The Morgan fingerprint density at radius 1 is 0.357 bits per heavy atom. The second kappa shape index (κ2) is 48.8. The third kappa shape index (κ3) is 44.5. The van der Waals surface area contributed by atoms with Gasteiger partial charge in [0.1, 0.15) is 0 Å². The monoisotopic (exact) mass is 792 g/mol. The number of amides is 1. The first-order chi connectivity index (χ1) is 27.7. The standard InChI is InChI=1S/C52H105NO3/c1-3-5-7-9-11-13-15-16-17-18-19-20-21-22-23-24-25-26-27-28-29-30-31-32-33-34-35-36-38-40-42-44-46-48-52(56)53-50(49-54)51(55)47-45-43-41-39-37-14-12-10-8-6-4-2/h50-51,54-55H,3-49H2,1-2H3,(H,53,56). The Labute approximate surface area is 353 Å². The zero-order chi connectivity index (χ0) is 40.7. The van der Waals surface area contributed by atoms with Crippen molar-refractivity contribution >= 4 is 5.91 Å². The molecule has 0 aliphatic heterocycles. The van der Waals surface area contributed by atoms with E-state index in [1.54, 1.807) is 0 Å². The van der Waals surface area contributed by atoms with Crippen molar-refractivity contribution in [3.05, 3.63) is 0 Å². The predicted molar refractivity (Wildman–Crippen MR) is 249 cm³/mol. The predicted octanol–water partition coefficient (Wildman–Crippen LogP) is 16.8. The summed E-state index contributed by atoms with van der Waals surface area (Å²) in [6.07, 6.45) is 60.9. The highest BCUT2D eigenvalue weighted by atomic mass is 16.3. The average Bonchev–Trinajstić information content (AvgIpc) is 3.20. The van der Waals surface area contributed by atoms with E-state index in [0.29, 0.717) is 12.8 Å². The Kier molecular flexibility index (Phi) is 48.2. The van der Waals surface area contributed by atoms with Crippen molar-refractivity contribution in [2.45, 2.75) is 321 Å². The van der Waals surface area contributed by atoms with Gasteiger partial charge in [-0.1, -0.05) is 290 Å². The number of nitrogens with one attached hydrogen (secondary N) is 1. The molecule has 3 N–H and O–H groups in total. The number of aliphatic hydroxyl groups is 2. The van der Waals surface area contributed by atoms with Crippen molar-refractivity contribution in [2.24, 2.45) is 0 Å². The Morgan fingerprint density at radius 3 is 0.804 bits per heavy atom. The molecule has 0 aromatic rings. The molecule has 0 fully saturated rings. The van der Waals surface area contributed by atoms with Gasteiger partial charge in [0.05, 0.1) is 18.8 Å². The third-order valence-corrected chi connectivity index (χ3v) is 12.6. The number of aliphatic hydroxyl groups excluding tert-OH is 2. The lowest BCUT2D eigenvalue weighted by atomic mass is 10.0. The number of unbranched alkanes of at least 4 members (excludes halogenated alkanes) is 42. The Morgan fingerprint density at radius 2 is 0.571 bits per heavy atom. The lowest BCUT2D eigenvalue weighted by molar-refractivity contribution is -0.123. The smallest absolute Gasteiger partial charge is 0.220 e. The Hall–Kier alpha value is -0.610. The number of carbonyl (C=O) groups is 1. The lowest BCUT2D eigenvalue weighted by Crippen LogP contribution is -2.45. The van der Waals surface area contributed by atoms with Gasteiger partial charge >= 0.3 is 0 Å². The van der Waals surface area contributed by atoms with Crippen molar-refractivity contribution in [2.75, 3.05) is 6.61 Å². The molecule has 0 rings (SSSR count). The summed E-state index contributed by atoms with van der Waals surface area (Å²) < 4.78 is 0. The van der Waals surface area contributed by atoms with Crippen molar-refractivity contribution < 1.29 is 15.0 Å². The molecular formula is C52H105NO3. The van der Waals surface area contributed by atoms with Crippen LogP contribution in [0.2, 0.25) is 0 Å². The van der Waals surface area contributed by atoms with E-state index in [2.05, 4.69) is 19.2 Å². The van der Waals surface area contributed by atoms with E-state index in [0.717, 1.165) is 25.7 Å². The molecule has 1 amide bonds. The van der Waals surface area contributed by atoms with Crippen LogP contribution >= 0.6 is 0 Å². The van der Waals surface area contributed by atoms with Crippen molar-refractivity contribution in [1.29, 1.82) is 0 Å². The molecule has 0 aromatic heterocycles. The van der Waals surface area contributed by atoms with Gasteiger partial charge in [0.15, 0.2) is 0 Å². The number of hydrogen-bond acceptors (Lipinski definition) is 3. The third-order valence-electron chi connectivity index (χ3n) is 12.6. The fourth-order valence-electron chi connectivity index (χ4n) is 8.60. The van der Waals surface area contributed by atoms with Gasteiger partial charge in [0.25, 0.3) is 0 Å². The van der Waals surface area contributed by atoms with Gasteiger partial charge in [-0.2, -0.15) is 0 Å². The summed E-state index contributed by atoms with van der Waals surface area (Å²) in [5.74, 6) is -0.0252. The lowest BCUT2D eigenvalue weighted by Gasteiger charge is -2.22. The Balaban J connectivity index is 3.33. The van der Waals surface area contributed by atoms with Crippen LogP contribution in [0.4, 0.5) is 0 Å². The van der Waals surface area contributed by atoms with Crippen molar-refractivity contribution in [3.63, 3.8) is 0 Å². The molecule has 0 aromatic carbocycles. The minimum absolute atomic E-state index is 0.0252. The SMILES string of the molecule is CCCCCCCCCCCCCCCCCCCCCCCCCCCCCCCCCCCC(=O)NC(CO)C(O)CCCCCCCCCCCCC. The molecule has 56 heavy (non-hydrogen) atoms. The van der Waals surface area contributed by atoms with Crippen LogP contribution in [-0.2, 0) is 4.79 Å². The summed E-state index contributed by atoms with van der Waals surface area (Å²) in [5.41, 5.74) is 0. The Bertz CT molecular complexity index is 729. The molecular weight excluding hydrogens is 687 g/mol. The summed E-state index contributed by atoms with van der Waals surface area (Å²) >= 11 is 0. The van der Waals surface area contributed by atoms with Gasteiger partial charge < -0.3 is 15.5 Å². The van der Waals surface area contributed by atoms with Crippen LogP contribution < -0.4 is 5.32 Å². The van der Waals surface area contributed by atoms with Crippen molar-refractivity contribution in [1.82, 2.24) is 5.32 Å². The van der Waals surface area contributed by atoms with E-state index in [4.69, 9.17) is 0 Å². The fourth-order valence-corrected chi connectivity index (χ4v) is 8.60. The number of rotatable bonds is 49. The van der Waals surface area contributed by atoms with Crippen LogP contribution in [0.25, 0.3) is 0 Å². The molecule has 2 unspecified atom stereocenters. The normalized spacial score (nSPS) is 12.7. The average molecular weight is 792 g/mol. The molecule has 0 saturated carbocycles. The highest BCUT2D eigenvalue weighted by molar-refractivity contribution is 5.76. The molecule has 336 valence electrons. The molecule has 4 nitrogen and oxygen atoms in total. The van der Waals surface area contributed by atoms with E-state index in [1.807, 2.05) is 0 Å². The number of hydrogen-bond donors (Lipinski definition) is 3. The van der Waals surface area contributed by atoms with Crippen LogP contribution in [0.5, 0.6) is 0 Å². The summed E-state index contributed by atoms with van der Waals surface area (Å²) in [6, 6.07) is -0.529. The first kappa shape index (κ1) is 55.4. The van der Waals surface area contributed by atoms with Crippen LogP contribution in [0, 0.1) is 0 Å². The quantitative estimate of drug-likeness (QED) is 0.0538. The van der Waals surface area contributed by atoms with Crippen molar-refractivity contribution in [3.8, 4) is 0 Å². The minimum atomic E-state index is -0.652. The van der Waals surface area contributed by atoms with E-state index >= 15 is 0 Å². The van der Waals surface area contributed by atoms with Gasteiger partial charge in [0.2, 0.25) is 5.91 Å². The van der Waals surface area contributed by atoms with E-state index in [1.165, 1.54) is 257 Å². The molecule has 0 heterocycles. The molecule has 0 saturated heterocycles. The zero-order valence-electron chi connectivity index (χ0n) is 38.7. The van der Waals surface area contributed by atoms with E-state index in [9.17, 15) is 15.0 Å². The molecule has 0 bridgehead atoms. The van der Waals surface area contributed by atoms with Crippen LogP contribution in [0.15, 0.2) is 0 Å². The number of carbonyl (C=O) groups excluding carboxylic acids is 1. The fraction of sp³-hybridized carbons (Fsp3) is 0.981. The molecule has 0 aliphatic carbocycles. The zero-order valence-corrected chi connectivity index (χ0v) is 38.7. The van der Waals surface area contributed by atoms with Crippen LogP contribution in [0.3, 0.4) is 0 Å². The summed E-state index contributed by atoms with van der Waals surface area (Å²) in [5, 5.41) is 23.2. The summed E-state index contributed by atoms with van der Waals surface area (Å²) in [4.78, 5) is 12.4. The minimum Gasteiger partial charge on any atom is -0.394 e. The van der Waals surface area contributed by atoms with Gasteiger partial charge in [-0.3, -0.25) is 4.79 Å². The van der Waals surface area contributed by atoms with E-state index in [-0.39, 0.29) is 12.5 Å². The second-order valence-electron chi connectivity index (χ2n) is 18.3. The highest BCUT2D eigenvalue weighted by Gasteiger charge is 2.20.